The highest BCUT2D eigenvalue weighted by Crippen LogP contribution is 2.32. The van der Waals surface area contributed by atoms with Crippen LogP contribution in [0.4, 0.5) is 0 Å². The van der Waals surface area contributed by atoms with E-state index in [4.69, 9.17) is 5.21 Å². The van der Waals surface area contributed by atoms with Crippen molar-refractivity contribution in [3.05, 3.63) is 77.4 Å². The second-order valence-electron chi connectivity index (χ2n) is 6.41. The van der Waals surface area contributed by atoms with Gasteiger partial charge in [0.15, 0.2) is 0 Å². The molecule has 0 radical (unpaired) electrons. The molecule has 1 saturated heterocycles. The van der Waals surface area contributed by atoms with Gasteiger partial charge in [0.05, 0.1) is 0 Å². The lowest BCUT2D eigenvalue weighted by Crippen LogP contribution is -2.25. The van der Waals surface area contributed by atoms with Gasteiger partial charge in [0.25, 0.3) is 5.91 Å². The number of carbonyl (C=O) groups excluding carboxylic acids is 1. The Hall–Kier alpha value is -2.43. The van der Waals surface area contributed by atoms with Gasteiger partial charge in [0.2, 0.25) is 0 Å². The molecule has 130 valence electrons. The Labute approximate surface area is 148 Å². The molecule has 2 N–H and O–H groups in total. The number of likely N-dealkylation sites (tertiary alicyclic amines) is 1. The number of rotatable bonds is 6. The van der Waals surface area contributed by atoms with E-state index in [1.54, 1.807) is 11.6 Å². The molecule has 2 aromatic carbocycles. The first-order chi connectivity index (χ1) is 12.3. The third-order valence-electron chi connectivity index (χ3n) is 4.75. The summed E-state index contributed by atoms with van der Waals surface area (Å²) in [6, 6.07) is 19.4. The second kappa shape index (κ2) is 8.60. The van der Waals surface area contributed by atoms with Crippen molar-refractivity contribution >= 4 is 12.0 Å². The average molecular weight is 336 g/mol. The van der Waals surface area contributed by atoms with Crippen LogP contribution < -0.4 is 5.48 Å². The average Bonchev–Trinajstić information content (AvgIpc) is 3.14. The minimum Gasteiger partial charge on any atom is -0.296 e. The highest BCUT2D eigenvalue weighted by atomic mass is 16.5. The van der Waals surface area contributed by atoms with Crippen LogP contribution in [0.5, 0.6) is 0 Å². The molecule has 1 amide bonds. The normalized spacial score (nSPS) is 17.9. The van der Waals surface area contributed by atoms with Gasteiger partial charge in [-0.15, -0.1) is 0 Å². The molecule has 25 heavy (non-hydrogen) atoms. The number of nitrogens with zero attached hydrogens (tertiary/aromatic N) is 1. The fourth-order valence-corrected chi connectivity index (χ4v) is 3.43. The number of benzene rings is 2. The van der Waals surface area contributed by atoms with Gasteiger partial charge in [0, 0.05) is 18.7 Å². The van der Waals surface area contributed by atoms with Gasteiger partial charge >= 0.3 is 0 Å². The Morgan fingerprint density at radius 2 is 1.92 bits per heavy atom. The van der Waals surface area contributed by atoms with Gasteiger partial charge < -0.3 is 0 Å². The number of amides is 1. The fourth-order valence-electron chi connectivity index (χ4n) is 3.43. The van der Waals surface area contributed by atoms with Crippen molar-refractivity contribution in [2.75, 3.05) is 13.1 Å². The van der Waals surface area contributed by atoms with Crippen LogP contribution in [0.25, 0.3) is 6.08 Å². The largest absolute Gasteiger partial charge is 0.296 e. The zero-order valence-electron chi connectivity index (χ0n) is 14.3. The zero-order valence-corrected chi connectivity index (χ0v) is 14.3. The maximum Gasteiger partial charge on any atom is 0.267 e. The summed E-state index contributed by atoms with van der Waals surface area (Å²) < 4.78 is 0. The number of carbonyl (C=O) groups is 1. The van der Waals surface area contributed by atoms with Crippen LogP contribution in [0.2, 0.25) is 0 Å². The summed E-state index contributed by atoms with van der Waals surface area (Å²) in [7, 11) is 0. The van der Waals surface area contributed by atoms with Crippen LogP contribution in [-0.2, 0) is 11.2 Å². The van der Waals surface area contributed by atoms with E-state index in [2.05, 4.69) is 47.4 Å². The first-order valence-corrected chi connectivity index (χ1v) is 8.76. The molecule has 0 spiro atoms. The van der Waals surface area contributed by atoms with E-state index < -0.39 is 5.91 Å². The monoisotopic (exact) mass is 336 g/mol. The second-order valence-corrected chi connectivity index (χ2v) is 6.41. The van der Waals surface area contributed by atoms with E-state index in [0.29, 0.717) is 6.04 Å². The topological polar surface area (TPSA) is 52.6 Å². The van der Waals surface area contributed by atoms with Crippen LogP contribution in [0.1, 0.15) is 35.6 Å². The number of hydrogen-bond acceptors (Lipinski definition) is 3. The van der Waals surface area contributed by atoms with E-state index in [1.807, 2.05) is 12.1 Å². The first-order valence-electron chi connectivity index (χ1n) is 8.76. The van der Waals surface area contributed by atoms with Gasteiger partial charge in [-0.25, -0.2) is 5.48 Å². The number of nitrogens with one attached hydrogen (secondary N) is 1. The van der Waals surface area contributed by atoms with Crippen molar-refractivity contribution in [3.63, 3.8) is 0 Å². The third kappa shape index (κ3) is 4.78. The van der Waals surface area contributed by atoms with Gasteiger partial charge in [-0.1, -0.05) is 54.6 Å². The maximum absolute atomic E-state index is 11.0. The third-order valence-corrected chi connectivity index (χ3v) is 4.75. The lowest BCUT2D eigenvalue weighted by Gasteiger charge is -2.25. The summed E-state index contributed by atoms with van der Waals surface area (Å²) in [5, 5.41) is 8.51. The smallest absolute Gasteiger partial charge is 0.267 e. The van der Waals surface area contributed by atoms with E-state index in [-0.39, 0.29) is 0 Å². The molecule has 1 aliphatic rings. The Bertz CT molecular complexity index is 710. The molecular formula is C21H24N2O2. The van der Waals surface area contributed by atoms with Crippen molar-refractivity contribution in [1.82, 2.24) is 10.4 Å². The van der Waals surface area contributed by atoms with Crippen LogP contribution >= 0.6 is 0 Å². The Kier molecular flexibility index (Phi) is 5.99. The summed E-state index contributed by atoms with van der Waals surface area (Å²) in [5.41, 5.74) is 5.25. The highest BCUT2D eigenvalue weighted by Gasteiger charge is 2.25. The predicted molar refractivity (Wildman–Crippen MR) is 99.1 cm³/mol. The van der Waals surface area contributed by atoms with E-state index in [9.17, 15) is 4.79 Å². The lowest BCUT2D eigenvalue weighted by molar-refractivity contribution is -0.124. The predicted octanol–water partition coefficient (Wildman–Crippen LogP) is 3.58. The molecule has 3 rings (SSSR count). The SMILES string of the molecule is O=C(/C=C/c1ccc([C@@H]2CCCN2CCc2ccccc2)cc1)NO. The van der Waals surface area contributed by atoms with E-state index in [1.165, 1.54) is 30.0 Å². The molecule has 1 aliphatic heterocycles. The van der Waals surface area contributed by atoms with Gasteiger partial charge in [-0.05, 0) is 48.6 Å². The Morgan fingerprint density at radius 3 is 2.64 bits per heavy atom. The van der Waals surface area contributed by atoms with Crippen molar-refractivity contribution in [2.24, 2.45) is 0 Å². The van der Waals surface area contributed by atoms with E-state index >= 15 is 0 Å². The van der Waals surface area contributed by atoms with Crippen LogP contribution in [0.3, 0.4) is 0 Å². The van der Waals surface area contributed by atoms with Gasteiger partial charge in [-0.3, -0.25) is 14.9 Å². The van der Waals surface area contributed by atoms with Crippen molar-refractivity contribution in [1.29, 1.82) is 0 Å². The zero-order chi connectivity index (χ0) is 17.5. The summed E-state index contributed by atoms with van der Waals surface area (Å²) >= 11 is 0. The molecule has 0 aromatic heterocycles. The molecule has 4 heteroatoms. The van der Waals surface area contributed by atoms with Gasteiger partial charge in [0.1, 0.15) is 0 Å². The van der Waals surface area contributed by atoms with Crippen LogP contribution in [0.15, 0.2) is 60.7 Å². The molecule has 2 aromatic rings. The van der Waals surface area contributed by atoms with Crippen molar-refractivity contribution in [3.8, 4) is 0 Å². The molecule has 1 fully saturated rings. The quantitative estimate of drug-likeness (QED) is 0.481. The molecule has 0 bridgehead atoms. The Balaban J connectivity index is 1.61. The lowest BCUT2D eigenvalue weighted by atomic mass is 10.0. The first kappa shape index (κ1) is 17.4. The van der Waals surface area contributed by atoms with E-state index in [0.717, 1.165) is 25.1 Å². The minimum atomic E-state index is -0.521. The summed E-state index contributed by atoms with van der Waals surface area (Å²) in [4.78, 5) is 13.6. The summed E-state index contributed by atoms with van der Waals surface area (Å²) in [6.45, 7) is 2.23. The van der Waals surface area contributed by atoms with Crippen molar-refractivity contribution < 1.29 is 10.0 Å². The van der Waals surface area contributed by atoms with Gasteiger partial charge in [-0.2, -0.15) is 0 Å². The molecule has 4 nitrogen and oxygen atoms in total. The molecule has 1 atom stereocenters. The fraction of sp³-hybridized carbons (Fsp3) is 0.286. The Morgan fingerprint density at radius 1 is 1.16 bits per heavy atom. The molecule has 0 saturated carbocycles. The summed E-state index contributed by atoms with van der Waals surface area (Å²) in [6.07, 6.45) is 6.51. The highest BCUT2D eigenvalue weighted by molar-refractivity contribution is 5.90. The molecule has 1 heterocycles. The maximum atomic E-state index is 11.0. The van der Waals surface area contributed by atoms with Crippen LogP contribution in [0, 0.1) is 0 Å². The minimum absolute atomic E-state index is 0.475. The van der Waals surface area contributed by atoms with Crippen LogP contribution in [-0.4, -0.2) is 29.1 Å². The molecule has 0 aliphatic carbocycles. The molecular weight excluding hydrogens is 312 g/mol. The number of hydroxylamine groups is 1. The summed E-state index contributed by atoms with van der Waals surface area (Å²) in [5.74, 6) is -0.521. The van der Waals surface area contributed by atoms with Crippen molar-refractivity contribution in [2.45, 2.75) is 25.3 Å². The molecule has 0 unspecified atom stereocenters. The number of hydrogen-bond donors (Lipinski definition) is 2. The standard InChI is InChI=1S/C21H24N2O2/c24-21(22-25)13-10-18-8-11-19(12-9-18)20-7-4-15-23(20)16-14-17-5-2-1-3-6-17/h1-3,5-6,8-13,20,25H,4,7,14-16H2,(H,22,24)/b13-10+/t20-/m0/s1.